The minimum absolute atomic E-state index is 0.138. The number of anilines is 2. The Hall–Kier alpha value is -2.41. The number of pyridine rings is 1. The van der Waals surface area contributed by atoms with Gasteiger partial charge in [0.2, 0.25) is 0 Å². The largest absolute Gasteiger partial charge is 0.478 e. The lowest BCUT2D eigenvalue weighted by molar-refractivity contribution is 0.0697. The van der Waals surface area contributed by atoms with Gasteiger partial charge >= 0.3 is 12.0 Å². The van der Waals surface area contributed by atoms with Gasteiger partial charge in [0.25, 0.3) is 0 Å². The zero-order valence-electron chi connectivity index (χ0n) is 11.9. The molecule has 0 atom stereocenters. The van der Waals surface area contributed by atoms with Gasteiger partial charge in [-0.05, 0) is 38.0 Å². The second-order valence-corrected chi connectivity index (χ2v) is 5.79. The first-order valence-electron chi connectivity index (χ1n) is 6.22. The number of carbonyl (C=O) groups excluding carboxylic acids is 1. The Morgan fingerprint density at radius 1 is 1.24 bits per heavy atom. The second-order valence-electron chi connectivity index (χ2n) is 4.56. The predicted molar refractivity (Wildman–Crippen MR) is 82.4 cm³/mol. The molecule has 2 aromatic rings. The Bertz CT molecular complexity index is 709. The van der Waals surface area contributed by atoms with Crippen LogP contribution in [0.3, 0.4) is 0 Å². The van der Waals surface area contributed by atoms with Crippen molar-refractivity contribution in [2.24, 2.45) is 0 Å². The summed E-state index contributed by atoms with van der Waals surface area (Å²) in [6.45, 7) is 5.37. The van der Waals surface area contributed by atoms with Gasteiger partial charge in [0, 0.05) is 23.0 Å². The molecule has 0 aromatic carbocycles. The number of nitrogens with one attached hydrogen (secondary N) is 2. The SMILES string of the molecule is Cc1cnccc1NC(=O)Nc1sc(C)c(C)c1C(=O)O. The van der Waals surface area contributed by atoms with E-state index in [0.29, 0.717) is 16.3 Å². The lowest BCUT2D eigenvalue weighted by atomic mass is 10.1. The van der Waals surface area contributed by atoms with Crippen LogP contribution in [0, 0.1) is 20.8 Å². The molecule has 0 aliphatic rings. The van der Waals surface area contributed by atoms with Crippen LogP contribution in [0.1, 0.15) is 26.4 Å². The minimum atomic E-state index is -1.05. The van der Waals surface area contributed by atoms with Gasteiger partial charge in [0.05, 0.1) is 5.56 Å². The number of aromatic carboxylic acids is 1. The number of amides is 2. The van der Waals surface area contributed by atoms with E-state index in [2.05, 4.69) is 15.6 Å². The molecular weight excluding hydrogens is 290 g/mol. The molecule has 0 saturated carbocycles. The number of rotatable bonds is 3. The first-order valence-corrected chi connectivity index (χ1v) is 7.03. The Morgan fingerprint density at radius 3 is 2.57 bits per heavy atom. The van der Waals surface area contributed by atoms with Crippen molar-refractivity contribution >= 4 is 34.0 Å². The van der Waals surface area contributed by atoms with Gasteiger partial charge in [-0.15, -0.1) is 11.3 Å². The number of carboxylic acid groups (broad SMARTS) is 1. The first kappa shape index (κ1) is 15.0. The number of hydrogen-bond acceptors (Lipinski definition) is 4. The van der Waals surface area contributed by atoms with E-state index in [9.17, 15) is 14.7 Å². The molecule has 0 unspecified atom stereocenters. The van der Waals surface area contributed by atoms with Gasteiger partial charge in [0.15, 0.2) is 0 Å². The molecule has 0 radical (unpaired) electrons. The number of carbonyl (C=O) groups is 2. The first-order chi connectivity index (χ1) is 9.90. The third-order valence-corrected chi connectivity index (χ3v) is 4.22. The molecule has 2 aromatic heterocycles. The van der Waals surface area contributed by atoms with Crippen molar-refractivity contribution in [1.29, 1.82) is 0 Å². The standard InChI is InChI=1S/C14H15N3O3S/c1-7-6-15-5-4-10(7)16-14(20)17-12-11(13(18)19)8(2)9(3)21-12/h4-6H,1-3H3,(H,18,19)(H2,15,16,17,20). The lowest BCUT2D eigenvalue weighted by Gasteiger charge is -2.09. The number of nitrogens with zero attached hydrogens (tertiary/aromatic N) is 1. The number of thiophene rings is 1. The van der Waals surface area contributed by atoms with Crippen LogP contribution in [0.4, 0.5) is 15.5 Å². The van der Waals surface area contributed by atoms with Crippen LogP contribution in [0.25, 0.3) is 0 Å². The Balaban J connectivity index is 2.19. The van der Waals surface area contributed by atoms with Gasteiger partial charge < -0.3 is 10.4 Å². The maximum Gasteiger partial charge on any atom is 0.338 e. The molecule has 0 bridgehead atoms. The fourth-order valence-corrected chi connectivity index (χ4v) is 2.89. The minimum Gasteiger partial charge on any atom is -0.478 e. The van der Waals surface area contributed by atoms with Gasteiger partial charge in [0.1, 0.15) is 5.00 Å². The summed E-state index contributed by atoms with van der Waals surface area (Å²) in [6, 6.07) is 1.20. The fourth-order valence-electron chi connectivity index (χ4n) is 1.84. The molecule has 21 heavy (non-hydrogen) atoms. The quantitative estimate of drug-likeness (QED) is 0.810. The molecule has 7 heteroatoms. The molecule has 6 nitrogen and oxygen atoms in total. The van der Waals surface area contributed by atoms with Gasteiger partial charge in [-0.25, -0.2) is 9.59 Å². The van der Waals surface area contributed by atoms with Gasteiger partial charge in [-0.1, -0.05) is 0 Å². The van der Waals surface area contributed by atoms with E-state index in [1.54, 1.807) is 25.4 Å². The Morgan fingerprint density at radius 2 is 1.95 bits per heavy atom. The predicted octanol–water partition coefficient (Wildman–Crippen LogP) is 3.41. The average Bonchev–Trinajstić information content (AvgIpc) is 2.67. The number of carboxylic acids is 1. The highest BCUT2D eigenvalue weighted by Crippen LogP contribution is 2.32. The van der Waals surface area contributed by atoms with E-state index in [4.69, 9.17) is 0 Å². The third kappa shape index (κ3) is 3.19. The Labute approximate surface area is 125 Å². The summed E-state index contributed by atoms with van der Waals surface area (Å²) in [5.74, 6) is -1.05. The van der Waals surface area contributed by atoms with Crippen LogP contribution < -0.4 is 10.6 Å². The van der Waals surface area contributed by atoms with Crippen LogP contribution in [0.5, 0.6) is 0 Å². The smallest absolute Gasteiger partial charge is 0.338 e. The molecule has 2 rings (SSSR count). The molecule has 2 amide bonds. The zero-order chi connectivity index (χ0) is 15.6. The maximum absolute atomic E-state index is 12.0. The molecular formula is C14H15N3O3S. The molecule has 3 N–H and O–H groups in total. The van der Waals surface area contributed by atoms with Crippen LogP contribution in [0.15, 0.2) is 18.5 Å². The van der Waals surface area contributed by atoms with Gasteiger partial charge in [-0.3, -0.25) is 10.3 Å². The van der Waals surface area contributed by atoms with Crippen molar-refractivity contribution in [3.8, 4) is 0 Å². The highest BCUT2D eigenvalue weighted by Gasteiger charge is 2.20. The van der Waals surface area contributed by atoms with E-state index < -0.39 is 12.0 Å². The number of hydrogen-bond donors (Lipinski definition) is 3. The van der Waals surface area contributed by atoms with Crippen molar-refractivity contribution in [3.05, 3.63) is 40.0 Å². The highest BCUT2D eigenvalue weighted by atomic mass is 32.1. The van der Waals surface area contributed by atoms with E-state index in [1.807, 2.05) is 13.8 Å². The third-order valence-electron chi connectivity index (χ3n) is 3.09. The van der Waals surface area contributed by atoms with E-state index in [-0.39, 0.29) is 5.56 Å². The van der Waals surface area contributed by atoms with Crippen LogP contribution in [-0.2, 0) is 0 Å². The van der Waals surface area contributed by atoms with E-state index >= 15 is 0 Å². The summed E-state index contributed by atoms with van der Waals surface area (Å²) in [7, 11) is 0. The van der Waals surface area contributed by atoms with E-state index in [1.165, 1.54) is 11.3 Å². The van der Waals surface area contributed by atoms with Crippen molar-refractivity contribution in [1.82, 2.24) is 4.98 Å². The monoisotopic (exact) mass is 305 g/mol. The molecule has 110 valence electrons. The molecule has 0 spiro atoms. The van der Waals surface area contributed by atoms with Crippen LogP contribution in [0.2, 0.25) is 0 Å². The summed E-state index contributed by atoms with van der Waals surface area (Å²) < 4.78 is 0. The Kier molecular flexibility index (Phi) is 4.23. The van der Waals surface area contributed by atoms with Crippen molar-refractivity contribution in [2.45, 2.75) is 20.8 Å². The van der Waals surface area contributed by atoms with Crippen molar-refractivity contribution < 1.29 is 14.7 Å². The lowest BCUT2D eigenvalue weighted by Crippen LogP contribution is -2.20. The summed E-state index contributed by atoms with van der Waals surface area (Å²) >= 11 is 1.25. The van der Waals surface area contributed by atoms with Crippen LogP contribution >= 0.6 is 11.3 Å². The second kappa shape index (κ2) is 5.92. The zero-order valence-corrected chi connectivity index (χ0v) is 12.7. The summed E-state index contributed by atoms with van der Waals surface area (Å²) in [6.07, 6.45) is 3.21. The fraction of sp³-hybridized carbons (Fsp3) is 0.214. The topological polar surface area (TPSA) is 91.3 Å². The molecule has 2 heterocycles. The number of aromatic nitrogens is 1. The van der Waals surface area contributed by atoms with Gasteiger partial charge in [-0.2, -0.15) is 0 Å². The molecule has 0 aliphatic carbocycles. The molecule has 0 fully saturated rings. The normalized spacial score (nSPS) is 10.2. The highest BCUT2D eigenvalue weighted by molar-refractivity contribution is 7.16. The summed E-state index contributed by atoms with van der Waals surface area (Å²) in [5, 5.41) is 14.8. The average molecular weight is 305 g/mol. The van der Waals surface area contributed by atoms with Crippen molar-refractivity contribution in [2.75, 3.05) is 10.6 Å². The van der Waals surface area contributed by atoms with Crippen LogP contribution in [-0.4, -0.2) is 22.1 Å². The molecule has 0 aliphatic heterocycles. The maximum atomic E-state index is 12.0. The molecule has 0 saturated heterocycles. The number of aryl methyl sites for hydroxylation is 2. The van der Waals surface area contributed by atoms with E-state index in [0.717, 1.165) is 10.4 Å². The number of urea groups is 1. The summed E-state index contributed by atoms with van der Waals surface area (Å²) in [4.78, 5) is 28.1. The van der Waals surface area contributed by atoms with Crippen molar-refractivity contribution in [3.63, 3.8) is 0 Å². The summed E-state index contributed by atoms with van der Waals surface area (Å²) in [5.41, 5.74) is 2.26.